The van der Waals surface area contributed by atoms with Crippen molar-refractivity contribution in [3.8, 4) is 33.6 Å². The zero-order valence-corrected chi connectivity index (χ0v) is 38.2. The Morgan fingerprint density at radius 2 is 0.984 bits per heavy atom. The standard InChI is InChI=1S/C48H60N8O8/c1-25-19-39(55(27(25)3)45(57)41(29(5)61-7)53-47(59)63-9)43-49-23-37(51-43)32-13-11-31(12-14-32)33-15-16-35-22-36(18-17-34(35)21-33)38-24-50-44(52-38)40-20-26(2)28(4)56(40)46(58)42(30(6)62-8)54-48(60)64-10/h11-18,21-30,39-42H,19-20H2,1-10H3,(H,49,51)(H,50,52)(H,53,59)(H,54,60)/t25-,26-,27-,28-,29-,30-,39+,40+,41+,42+/m1/s1. The molecule has 64 heavy (non-hydrogen) atoms. The second kappa shape index (κ2) is 19.2. The van der Waals surface area contributed by atoms with Gasteiger partial charge in [0, 0.05) is 31.9 Å². The first-order valence-electron chi connectivity index (χ1n) is 21.8. The van der Waals surface area contributed by atoms with Crippen LogP contribution in [0.25, 0.3) is 44.4 Å². The number of nitrogens with zero attached hydrogens (tertiary/aromatic N) is 4. The van der Waals surface area contributed by atoms with Gasteiger partial charge in [0.15, 0.2) is 0 Å². The first-order valence-corrected chi connectivity index (χ1v) is 21.8. The molecule has 2 saturated heterocycles. The number of carbonyl (C=O) groups excluding carboxylic acids is 4. The predicted molar refractivity (Wildman–Crippen MR) is 242 cm³/mol. The molecule has 0 bridgehead atoms. The van der Waals surface area contributed by atoms with Gasteiger partial charge in [-0.25, -0.2) is 19.6 Å². The highest BCUT2D eigenvalue weighted by Crippen LogP contribution is 2.42. The molecule has 340 valence electrons. The molecule has 2 fully saturated rings. The van der Waals surface area contributed by atoms with Crippen molar-refractivity contribution in [2.75, 3.05) is 28.4 Å². The number of hydrogen-bond acceptors (Lipinski definition) is 10. The molecule has 10 atom stereocenters. The van der Waals surface area contributed by atoms with Crippen molar-refractivity contribution in [1.82, 2.24) is 40.4 Å². The fourth-order valence-corrected chi connectivity index (χ4v) is 9.10. The molecular weight excluding hydrogens is 817 g/mol. The molecule has 4 heterocycles. The molecule has 2 aliphatic heterocycles. The van der Waals surface area contributed by atoms with E-state index in [2.05, 4.69) is 95.1 Å². The Balaban J connectivity index is 1.06. The summed E-state index contributed by atoms with van der Waals surface area (Å²) in [7, 11) is 5.54. The predicted octanol–water partition coefficient (Wildman–Crippen LogP) is 7.40. The van der Waals surface area contributed by atoms with Gasteiger partial charge in [0.25, 0.3) is 0 Å². The third-order valence-electron chi connectivity index (χ3n) is 13.5. The Morgan fingerprint density at radius 1 is 0.594 bits per heavy atom. The number of ether oxygens (including phenoxy) is 4. The highest BCUT2D eigenvalue weighted by Gasteiger charge is 2.46. The number of carbonyl (C=O) groups is 4. The number of amides is 4. The molecule has 16 heteroatoms. The maximum Gasteiger partial charge on any atom is 0.407 e. The lowest BCUT2D eigenvalue weighted by Crippen LogP contribution is -2.55. The summed E-state index contributed by atoms with van der Waals surface area (Å²) in [5.41, 5.74) is 5.72. The normalized spacial score (nSPS) is 22.8. The number of nitrogens with one attached hydrogen (secondary N) is 4. The van der Waals surface area contributed by atoms with Crippen LogP contribution in [-0.2, 0) is 28.5 Å². The van der Waals surface area contributed by atoms with Crippen LogP contribution in [0, 0.1) is 11.8 Å². The van der Waals surface area contributed by atoms with Gasteiger partial charge >= 0.3 is 12.2 Å². The van der Waals surface area contributed by atoms with Crippen LogP contribution in [0.2, 0.25) is 0 Å². The summed E-state index contributed by atoms with van der Waals surface area (Å²) >= 11 is 0. The largest absolute Gasteiger partial charge is 0.453 e. The topological polar surface area (TPSA) is 193 Å². The minimum absolute atomic E-state index is 0.0907. The summed E-state index contributed by atoms with van der Waals surface area (Å²) < 4.78 is 20.6. The molecule has 7 rings (SSSR count). The number of imidazole rings is 2. The van der Waals surface area contributed by atoms with Crippen LogP contribution < -0.4 is 10.6 Å². The van der Waals surface area contributed by atoms with Gasteiger partial charge in [-0.05, 0) is 92.0 Å². The highest BCUT2D eigenvalue weighted by atomic mass is 16.5. The van der Waals surface area contributed by atoms with E-state index in [-0.39, 0.29) is 47.8 Å². The molecule has 16 nitrogen and oxygen atoms in total. The third-order valence-corrected chi connectivity index (χ3v) is 13.5. The Morgan fingerprint density at radius 3 is 1.42 bits per heavy atom. The van der Waals surface area contributed by atoms with E-state index in [0.717, 1.165) is 44.4 Å². The summed E-state index contributed by atoms with van der Waals surface area (Å²) in [5, 5.41) is 7.47. The molecule has 0 radical (unpaired) electrons. The lowest BCUT2D eigenvalue weighted by atomic mass is 9.98. The molecule has 4 amide bonds. The second-order valence-electron chi connectivity index (χ2n) is 17.3. The molecule has 4 N–H and O–H groups in total. The number of alkyl carbamates (subject to hydrolysis) is 2. The first-order chi connectivity index (χ1) is 30.7. The molecular formula is C48H60N8O8. The minimum atomic E-state index is -0.929. The van der Waals surface area contributed by atoms with Gasteiger partial charge < -0.3 is 49.3 Å². The van der Waals surface area contributed by atoms with Crippen molar-refractivity contribution in [3.63, 3.8) is 0 Å². The van der Waals surface area contributed by atoms with E-state index in [1.165, 1.54) is 28.4 Å². The number of methoxy groups -OCH3 is 4. The Labute approximate surface area is 373 Å². The van der Waals surface area contributed by atoms with Crippen molar-refractivity contribution >= 4 is 34.8 Å². The monoisotopic (exact) mass is 876 g/mol. The van der Waals surface area contributed by atoms with Gasteiger partial charge in [0.05, 0.1) is 62.3 Å². The number of benzene rings is 3. The number of H-pyrrole nitrogens is 2. The summed E-state index contributed by atoms with van der Waals surface area (Å²) in [6.45, 7) is 11.8. The molecule has 3 aromatic carbocycles. The Hall–Kier alpha value is -6.26. The van der Waals surface area contributed by atoms with E-state index in [0.29, 0.717) is 24.5 Å². The maximum absolute atomic E-state index is 14.0. The fourth-order valence-electron chi connectivity index (χ4n) is 9.10. The minimum Gasteiger partial charge on any atom is -0.453 e. The maximum atomic E-state index is 14.0. The van der Waals surface area contributed by atoms with Crippen LogP contribution in [0.15, 0.2) is 73.1 Å². The van der Waals surface area contributed by atoms with Crippen molar-refractivity contribution in [2.24, 2.45) is 11.8 Å². The number of hydrogen-bond donors (Lipinski definition) is 4. The van der Waals surface area contributed by atoms with Crippen LogP contribution in [0.1, 0.15) is 78.1 Å². The van der Waals surface area contributed by atoms with Crippen molar-refractivity contribution < 1.29 is 38.1 Å². The molecule has 2 aromatic heterocycles. The Bertz CT molecular complexity index is 2470. The smallest absolute Gasteiger partial charge is 0.407 e. The SMILES string of the molecule is COC(=O)N[C@H](C(=O)N1[C@H](C)[C@H](C)C[C@H]1c1ncc(-c2ccc(-c3ccc4cc(-c5cnc([C@@H]6C[C@@H](C)[C@@H](C)N6C(=O)[C@@H](NC(=O)OC)[C@@H](C)OC)[nH]5)ccc4c3)cc2)[nH]1)[C@@H](C)OC. The van der Waals surface area contributed by atoms with Gasteiger partial charge in [-0.15, -0.1) is 0 Å². The quantitative estimate of drug-likeness (QED) is 0.0927. The molecule has 0 unspecified atom stereocenters. The van der Waals surface area contributed by atoms with Gasteiger partial charge in [0.1, 0.15) is 23.7 Å². The van der Waals surface area contributed by atoms with Gasteiger partial charge in [0.2, 0.25) is 11.8 Å². The number of likely N-dealkylation sites (tertiary alicyclic amines) is 2. The zero-order valence-electron chi connectivity index (χ0n) is 38.2. The summed E-state index contributed by atoms with van der Waals surface area (Å²) in [4.78, 5) is 72.6. The van der Waals surface area contributed by atoms with Gasteiger partial charge in [-0.1, -0.05) is 62.4 Å². The third kappa shape index (κ3) is 9.06. The molecule has 0 spiro atoms. The lowest BCUT2D eigenvalue weighted by molar-refractivity contribution is -0.140. The van der Waals surface area contributed by atoms with Gasteiger partial charge in [-0.3, -0.25) is 9.59 Å². The van der Waals surface area contributed by atoms with Crippen molar-refractivity contribution in [3.05, 3.63) is 84.7 Å². The van der Waals surface area contributed by atoms with Crippen LogP contribution in [-0.4, -0.2) is 119 Å². The number of fused-ring (bicyclic) bond motifs is 1. The van der Waals surface area contributed by atoms with E-state index in [1.807, 2.05) is 29.8 Å². The van der Waals surface area contributed by atoms with Crippen LogP contribution >= 0.6 is 0 Å². The lowest BCUT2D eigenvalue weighted by Gasteiger charge is -2.33. The van der Waals surface area contributed by atoms with Crippen molar-refractivity contribution in [1.29, 1.82) is 0 Å². The average molecular weight is 877 g/mol. The number of rotatable bonds is 13. The second-order valence-corrected chi connectivity index (χ2v) is 17.3. The number of aromatic nitrogens is 4. The van der Waals surface area contributed by atoms with Crippen LogP contribution in [0.5, 0.6) is 0 Å². The molecule has 5 aromatic rings. The summed E-state index contributed by atoms with van der Waals surface area (Å²) in [6.07, 6.45) is 2.48. The Kier molecular flexibility index (Phi) is 13.7. The zero-order chi connectivity index (χ0) is 46.0. The summed E-state index contributed by atoms with van der Waals surface area (Å²) in [6, 6.07) is 18.3. The van der Waals surface area contributed by atoms with E-state index < -0.39 is 36.5 Å². The highest BCUT2D eigenvalue weighted by molar-refractivity contribution is 5.91. The van der Waals surface area contributed by atoms with Crippen LogP contribution in [0.4, 0.5) is 9.59 Å². The number of aromatic amines is 2. The average Bonchev–Trinajstić information content (AvgIpc) is 4.12. The van der Waals surface area contributed by atoms with Crippen LogP contribution in [0.3, 0.4) is 0 Å². The molecule has 2 aliphatic rings. The van der Waals surface area contributed by atoms with E-state index in [1.54, 1.807) is 20.0 Å². The van der Waals surface area contributed by atoms with E-state index in [4.69, 9.17) is 28.9 Å². The fraction of sp³-hybridized carbons (Fsp3) is 0.458. The van der Waals surface area contributed by atoms with Crippen molar-refractivity contribution in [2.45, 2.75) is 103 Å². The summed E-state index contributed by atoms with van der Waals surface area (Å²) in [5.74, 6) is 1.26. The molecule has 0 aliphatic carbocycles. The van der Waals surface area contributed by atoms with E-state index in [9.17, 15) is 19.2 Å². The van der Waals surface area contributed by atoms with Gasteiger partial charge in [-0.2, -0.15) is 0 Å². The van der Waals surface area contributed by atoms with E-state index >= 15 is 0 Å². The molecule has 0 saturated carbocycles. The first kappa shape index (κ1) is 45.8.